The van der Waals surface area contributed by atoms with E-state index in [4.69, 9.17) is 9.47 Å². The van der Waals surface area contributed by atoms with E-state index in [0.717, 1.165) is 0 Å². The molecule has 0 saturated carbocycles. The molecule has 2 amide bonds. The zero-order chi connectivity index (χ0) is 18.3. The lowest BCUT2D eigenvalue weighted by Crippen LogP contribution is -2.61. The number of carbonyl (C=O) groups is 3. The Hall–Kier alpha value is -1.79. The van der Waals surface area contributed by atoms with Gasteiger partial charge in [0.2, 0.25) is 0 Å². The summed E-state index contributed by atoms with van der Waals surface area (Å²) in [6.45, 7) is 12.0. The molecule has 2 aliphatic heterocycles. The maximum Gasteiger partial charge on any atom is 0.410 e. The monoisotopic (exact) mass is 340 g/mol. The molecular formula is C17H28N2O5. The second-order valence-corrected chi connectivity index (χ2v) is 8.57. The average molecular weight is 340 g/mol. The highest BCUT2D eigenvalue weighted by Gasteiger charge is 2.45. The Bertz CT molecular complexity index is 474. The summed E-state index contributed by atoms with van der Waals surface area (Å²) in [5, 5.41) is 0. The number of Topliss-reactive ketones (excluding diaryl/α,β-unsaturated/α-hetero) is 1. The van der Waals surface area contributed by atoms with Gasteiger partial charge in [0.15, 0.2) is 0 Å². The van der Waals surface area contributed by atoms with Crippen molar-refractivity contribution in [1.29, 1.82) is 0 Å². The summed E-state index contributed by atoms with van der Waals surface area (Å²) in [6.07, 6.45) is -0.813. The molecule has 7 nitrogen and oxygen atoms in total. The Labute approximate surface area is 143 Å². The van der Waals surface area contributed by atoms with Crippen LogP contribution in [0.25, 0.3) is 0 Å². The topological polar surface area (TPSA) is 76.2 Å². The second kappa shape index (κ2) is 6.26. The van der Waals surface area contributed by atoms with Crippen LogP contribution in [0.3, 0.4) is 0 Å². The number of nitrogens with zero attached hydrogens (tertiary/aromatic N) is 2. The fraction of sp³-hybridized carbons (Fsp3) is 0.824. The molecule has 7 heteroatoms. The quantitative estimate of drug-likeness (QED) is 0.676. The number of ketones is 1. The van der Waals surface area contributed by atoms with E-state index >= 15 is 0 Å². The van der Waals surface area contributed by atoms with Crippen molar-refractivity contribution in [2.75, 3.05) is 26.2 Å². The third-order valence-electron chi connectivity index (χ3n) is 3.87. The predicted octanol–water partition coefficient (Wildman–Crippen LogP) is 2.29. The maximum atomic E-state index is 12.4. The molecule has 2 fully saturated rings. The lowest BCUT2D eigenvalue weighted by atomic mass is 9.83. The molecule has 0 atom stereocenters. The number of likely N-dealkylation sites (tertiary alicyclic amines) is 2. The highest BCUT2D eigenvalue weighted by molar-refractivity contribution is 5.88. The van der Waals surface area contributed by atoms with Gasteiger partial charge in [0, 0.05) is 26.2 Å². The lowest BCUT2D eigenvalue weighted by molar-refractivity contribution is -0.136. The predicted molar refractivity (Wildman–Crippen MR) is 87.6 cm³/mol. The summed E-state index contributed by atoms with van der Waals surface area (Å²) < 4.78 is 10.8. The van der Waals surface area contributed by atoms with Crippen LogP contribution in [0.4, 0.5) is 9.59 Å². The average Bonchev–Trinajstić information content (AvgIpc) is 2.33. The van der Waals surface area contributed by atoms with Crippen LogP contribution in [0.5, 0.6) is 0 Å². The molecule has 0 aromatic carbocycles. The van der Waals surface area contributed by atoms with E-state index in [-0.39, 0.29) is 43.8 Å². The summed E-state index contributed by atoms with van der Waals surface area (Å²) in [7, 11) is 0. The molecule has 2 bridgehead atoms. The number of hydrogen-bond donors (Lipinski definition) is 0. The first kappa shape index (κ1) is 18.5. The molecule has 0 aliphatic carbocycles. The molecule has 2 aliphatic rings. The summed E-state index contributed by atoms with van der Waals surface area (Å²) in [4.78, 5) is 40.0. The Morgan fingerprint density at radius 3 is 1.33 bits per heavy atom. The first-order chi connectivity index (χ1) is 10.9. The van der Waals surface area contributed by atoms with Crippen molar-refractivity contribution < 1.29 is 23.9 Å². The third kappa shape index (κ3) is 4.61. The van der Waals surface area contributed by atoms with Crippen LogP contribution in [0, 0.1) is 11.8 Å². The van der Waals surface area contributed by atoms with Crippen molar-refractivity contribution in [3.8, 4) is 0 Å². The first-order valence-electron chi connectivity index (χ1n) is 8.35. The highest BCUT2D eigenvalue weighted by atomic mass is 16.6. The van der Waals surface area contributed by atoms with Crippen molar-refractivity contribution in [2.24, 2.45) is 11.8 Å². The van der Waals surface area contributed by atoms with Crippen LogP contribution < -0.4 is 0 Å². The van der Waals surface area contributed by atoms with E-state index in [1.807, 2.05) is 41.5 Å². The van der Waals surface area contributed by atoms with Crippen LogP contribution in [-0.2, 0) is 14.3 Å². The molecular weight excluding hydrogens is 312 g/mol. The fourth-order valence-corrected chi connectivity index (χ4v) is 2.97. The van der Waals surface area contributed by atoms with Gasteiger partial charge in [0.1, 0.15) is 17.0 Å². The Morgan fingerprint density at radius 1 is 0.792 bits per heavy atom. The third-order valence-corrected chi connectivity index (χ3v) is 3.87. The molecule has 0 aromatic heterocycles. The number of carbonyl (C=O) groups excluding carboxylic acids is 3. The van der Waals surface area contributed by atoms with Crippen molar-refractivity contribution in [3.63, 3.8) is 0 Å². The number of rotatable bonds is 0. The summed E-state index contributed by atoms with van der Waals surface area (Å²) >= 11 is 0. The van der Waals surface area contributed by atoms with Gasteiger partial charge >= 0.3 is 12.2 Å². The minimum absolute atomic E-state index is 0.120. The fourth-order valence-electron chi connectivity index (χ4n) is 2.97. The Kier molecular flexibility index (Phi) is 4.84. The van der Waals surface area contributed by atoms with Gasteiger partial charge in [-0.15, -0.1) is 0 Å². The van der Waals surface area contributed by atoms with Crippen LogP contribution in [0.2, 0.25) is 0 Å². The number of fused-ring (bicyclic) bond motifs is 2. The maximum absolute atomic E-state index is 12.4. The van der Waals surface area contributed by atoms with Crippen LogP contribution in [-0.4, -0.2) is 65.2 Å². The molecule has 2 saturated heterocycles. The summed E-state index contributed by atoms with van der Waals surface area (Å²) in [6, 6.07) is 0. The first-order valence-corrected chi connectivity index (χ1v) is 8.35. The molecule has 0 spiro atoms. The normalized spacial score (nSPS) is 24.7. The Balaban J connectivity index is 2.02. The smallest absolute Gasteiger partial charge is 0.410 e. The van der Waals surface area contributed by atoms with E-state index in [1.54, 1.807) is 9.80 Å². The van der Waals surface area contributed by atoms with Gasteiger partial charge in [-0.3, -0.25) is 4.79 Å². The number of ether oxygens (including phenoxy) is 2. The van der Waals surface area contributed by atoms with Gasteiger partial charge in [-0.25, -0.2) is 9.59 Å². The van der Waals surface area contributed by atoms with Crippen molar-refractivity contribution in [3.05, 3.63) is 0 Å². The number of amides is 2. The molecule has 0 radical (unpaired) electrons. The van der Waals surface area contributed by atoms with E-state index in [9.17, 15) is 14.4 Å². The summed E-state index contributed by atoms with van der Waals surface area (Å²) in [5.74, 6) is -0.635. The van der Waals surface area contributed by atoms with Gasteiger partial charge in [-0.2, -0.15) is 0 Å². The highest BCUT2D eigenvalue weighted by Crippen LogP contribution is 2.27. The van der Waals surface area contributed by atoms with Crippen LogP contribution in [0.15, 0.2) is 0 Å². The zero-order valence-corrected chi connectivity index (χ0v) is 15.4. The van der Waals surface area contributed by atoms with Crippen molar-refractivity contribution in [1.82, 2.24) is 9.80 Å². The molecule has 0 aromatic rings. The minimum atomic E-state index is -0.573. The molecule has 0 N–H and O–H groups in total. The molecule has 0 unspecified atom stereocenters. The van der Waals surface area contributed by atoms with E-state index < -0.39 is 23.4 Å². The largest absolute Gasteiger partial charge is 0.444 e. The van der Waals surface area contributed by atoms with Gasteiger partial charge < -0.3 is 19.3 Å². The standard InChI is InChI=1S/C17H28N2O5/c1-16(2,3)23-14(21)18-7-11-9-19(10-12(8-18)13(11)20)15(22)24-17(4,5)6/h11-12H,7-10H2,1-6H3. The van der Waals surface area contributed by atoms with E-state index in [0.29, 0.717) is 0 Å². The van der Waals surface area contributed by atoms with Crippen molar-refractivity contribution >= 4 is 18.0 Å². The SMILES string of the molecule is CC(C)(C)OC(=O)N1CC2CN(C(=O)OC(C)(C)C)CC(C1)C2=O. The van der Waals surface area contributed by atoms with E-state index in [1.165, 1.54) is 0 Å². The molecule has 24 heavy (non-hydrogen) atoms. The van der Waals surface area contributed by atoms with Crippen molar-refractivity contribution in [2.45, 2.75) is 52.7 Å². The van der Waals surface area contributed by atoms with Gasteiger partial charge in [0.05, 0.1) is 11.8 Å². The van der Waals surface area contributed by atoms with Crippen LogP contribution >= 0.6 is 0 Å². The zero-order valence-electron chi connectivity index (χ0n) is 15.4. The van der Waals surface area contributed by atoms with Gasteiger partial charge in [-0.1, -0.05) is 0 Å². The Morgan fingerprint density at radius 2 is 1.08 bits per heavy atom. The lowest BCUT2D eigenvalue weighted by Gasteiger charge is -2.44. The molecule has 2 rings (SSSR count). The molecule has 136 valence electrons. The molecule has 2 heterocycles. The minimum Gasteiger partial charge on any atom is -0.444 e. The second-order valence-electron chi connectivity index (χ2n) is 8.57. The summed E-state index contributed by atoms with van der Waals surface area (Å²) in [5.41, 5.74) is -1.15. The van der Waals surface area contributed by atoms with Gasteiger partial charge in [0.25, 0.3) is 0 Å². The number of hydrogen-bond acceptors (Lipinski definition) is 5. The van der Waals surface area contributed by atoms with Crippen LogP contribution in [0.1, 0.15) is 41.5 Å². The number of piperidine rings is 2. The van der Waals surface area contributed by atoms with E-state index in [2.05, 4.69) is 0 Å². The van der Waals surface area contributed by atoms with Gasteiger partial charge in [-0.05, 0) is 41.5 Å².